The fraction of sp³-hybridized carbons (Fsp3) is 0.350. The number of benzene rings is 1. The molecule has 2 atom stereocenters. The van der Waals surface area contributed by atoms with E-state index in [-0.39, 0.29) is 6.10 Å². The maximum Gasteiger partial charge on any atom is 0.0969 e. The highest BCUT2D eigenvalue weighted by atomic mass is 16.5. The Bertz CT molecular complexity index is 810. The summed E-state index contributed by atoms with van der Waals surface area (Å²) in [5, 5.41) is 14.7. The number of aliphatic hydroxyl groups is 1. The molecule has 0 bridgehead atoms. The predicted octanol–water partition coefficient (Wildman–Crippen LogP) is 3.13. The lowest BCUT2D eigenvalue weighted by molar-refractivity contribution is -0.0235. The van der Waals surface area contributed by atoms with Gasteiger partial charge < -0.3 is 14.4 Å². The molecule has 3 aromatic rings. The standard InChI is InChI=1S/C20H23N3O2/c24-18(14-23-13-17(12-21-23)22-10-3-4-11-22)15-25-20-9-5-7-16-6-1-2-8-19(16)20/h1-4,6,8,10-13,18,20,24H,5,7,9,14-15H2. The molecule has 0 amide bonds. The summed E-state index contributed by atoms with van der Waals surface area (Å²) in [6, 6.07) is 12.4. The monoisotopic (exact) mass is 337 g/mol. The van der Waals surface area contributed by atoms with E-state index >= 15 is 0 Å². The Balaban J connectivity index is 1.33. The number of nitrogens with zero attached hydrogens (tertiary/aromatic N) is 3. The fourth-order valence-corrected chi connectivity index (χ4v) is 3.47. The summed E-state index contributed by atoms with van der Waals surface area (Å²) >= 11 is 0. The fourth-order valence-electron chi connectivity index (χ4n) is 3.47. The largest absolute Gasteiger partial charge is 0.389 e. The van der Waals surface area contributed by atoms with E-state index in [1.165, 1.54) is 11.1 Å². The molecule has 5 heteroatoms. The van der Waals surface area contributed by atoms with Gasteiger partial charge in [0.05, 0.1) is 37.2 Å². The molecule has 2 aromatic heterocycles. The van der Waals surface area contributed by atoms with E-state index in [4.69, 9.17) is 4.74 Å². The second-order valence-electron chi connectivity index (χ2n) is 6.58. The first-order chi connectivity index (χ1) is 12.3. The van der Waals surface area contributed by atoms with Gasteiger partial charge in [-0.2, -0.15) is 5.10 Å². The Morgan fingerprint density at radius 2 is 2.04 bits per heavy atom. The lowest BCUT2D eigenvalue weighted by Crippen LogP contribution is -2.24. The molecule has 0 aliphatic heterocycles. The highest BCUT2D eigenvalue weighted by Crippen LogP contribution is 2.32. The number of fused-ring (bicyclic) bond motifs is 1. The highest BCUT2D eigenvalue weighted by molar-refractivity contribution is 5.31. The van der Waals surface area contributed by atoms with E-state index < -0.39 is 6.10 Å². The normalized spacial score (nSPS) is 18.0. The van der Waals surface area contributed by atoms with Crippen LogP contribution in [0.3, 0.4) is 0 Å². The Hall–Kier alpha value is -2.37. The molecule has 0 saturated heterocycles. The van der Waals surface area contributed by atoms with E-state index in [0.29, 0.717) is 13.2 Å². The second kappa shape index (κ2) is 7.25. The van der Waals surface area contributed by atoms with Crippen molar-refractivity contribution in [2.75, 3.05) is 6.61 Å². The van der Waals surface area contributed by atoms with Crippen molar-refractivity contribution in [2.24, 2.45) is 0 Å². The third-order valence-electron chi connectivity index (χ3n) is 4.72. The maximum atomic E-state index is 10.3. The number of aryl methyl sites for hydroxylation is 1. The molecule has 1 aliphatic rings. The van der Waals surface area contributed by atoms with Crippen molar-refractivity contribution in [1.82, 2.24) is 14.3 Å². The number of aromatic nitrogens is 3. The third-order valence-corrected chi connectivity index (χ3v) is 4.72. The van der Waals surface area contributed by atoms with Gasteiger partial charge >= 0.3 is 0 Å². The van der Waals surface area contributed by atoms with Gasteiger partial charge in [0.25, 0.3) is 0 Å². The van der Waals surface area contributed by atoms with E-state index in [0.717, 1.165) is 24.9 Å². The molecule has 1 N–H and O–H groups in total. The average molecular weight is 337 g/mol. The minimum Gasteiger partial charge on any atom is -0.389 e. The zero-order valence-electron chi connectivity index (χ0n) is 14.2. The molecule has 130 valence electrons. The molecular weight excluding hydrogens is 314 g/mol. The number of hydrogen-bond donors (Lipinski definition) is 1. The molecule has 0 saturated carbocycles. The van der Waals surface area contributed by atoms with Crippen LogP contribution < -0.4 is 0 Å². The lowest BCUT2D eigenvalue weighted by Gasteiger charge is -2.26. The van der Waals surface area contributed by atoms with Gasteiger partial charge in [-0.25, -0.2) is 0 Å². The van der Waals surface area contributed by atoms with Crippen LogP contribution >= 0.6 is 0 Å². The van der Waals surface area contributed by atoms with Gasteiger partial charge in [-0.15, -0.1) is 0 Å². The van der Waals surface area contributed by atoms with Crippen LogP contribution in [-0.2, 0) is 17.7 Å². The maximum absolute atomic E-state index is 10.3. The van der Waals surface area contributed by atoms with Crippen molar-refractivity contribution >= 4 is 0 Å². The highest BCUT2D eigenvalue weighted by Gasteiger charge is 2.21. The summed E-state index contributed by atoms with van der Waals surface area (Å²) < 4.78 is 9.78. The second-order valence-corrected chi connectivity index (χ2v) is 6.58. The molecule has 4 rings (SSSR count). The number of ether oxygens (including phenoxy) is 1. The molecule has 5 nitrogen and oxygen atoms in total. The summed E-state index contributed by atoms with van der Waals surface area (Å²) in [4.78, 5) is 0. The lowest BCUT2D eigenvalue weighted by atomic mass is 9.89. The molecular formula is C20H23N3O2. The van der Waals surface area contributed by atoms with Gasteiger partial charge in [0.15, 0.2) is 0 Å². The van der Waals surface area contributed by atoms with Crippen molar-refractivity contribution in [3.63, 3.8) is 0 Å². The van der Waals surface area contributed by atoms with E-state index in [1.54, 1.807) is 10.9 Å². The Kier molecular flexibility index (Phi) is 4.68. The molecule has 25 heavy (non-hydrogen) atoms. The molecule has 2 unspecified atom stereocenters. The van der Waals surface area contributed by atoms with Crippen molar-refractivity contribution in [3.8, 4) is 5.69 Å². The Morgan fingerprint density at radius 1 is 1.20 bits per heavy atom. The van der Waals surface area contributed by atoms with Gasteiger partial charge in [0, 0.05) is 18.6 Å². The van der Waals surface area contributed by atoms with Crippen LogP contribution in [0.1, 0.15) is 30.1 Å². The van der Waals surface area contributed by atoms with Crippen LogP contribution in [0.5, 0.6) is 0 Å². The minimum absolute atomic E-state index is 0.0904. The quantitative estimate of drug-likeness (QED) is 0.752. The van der Waals surface area contributed by atoms with Gasteiger partial charge in [-0.1, -0.05) is 24.3 Å². The van der Waals surface area contributed by atoms with E-state index in [2.05, 4.69) is 29.4 Å². The first-order valence-corrected chi connectivity index (χ1v) is 8.83. The molecule has 1 aromatic carbocycles. The third kappa shape index (κ3) is 3.67. The Labute approximate surface area is 147 Å². The topological polar surface area (TPSA) is 52.2 Å². The van der Waals surface area contributed by atoms with Gasteiger partial charge in [-0.3, -0.25) is 4.68 Å². The number of rotatable bonds is 6. The molecule has 2 heterocycles. The van der Waals surface area contributed by atoms with Gasteiger partial charge in [-0.05, 0) is 42.5 Å². The van der Waals surface area contributed by atoms with Crippen molar-refractivity contribution in [1.29, 1.82) is 0 Å². The molecule has 0 fully saturated rings. The van der Waals surface area contributed by atoms with Gasteiger partial charge in [0.1, 0.15) is 0 Å². The van der Waals surface area contributed by atoms with Crippen molar-refractivity contribution < 1.29 is 9.84 Å². The first kappa shape index (κ1) is 16.1. The van der Waals surface area contributed by atoms with Gasteiger partial charge in [0.2, 0.25) is 0 Å². The van der Waals surface area contributed by atoms with Crippen LogP contribution in [0.4, 0.5) is 0 Å². The summed E-state index contributed by atoms with van der Waals surface area (Å²) in [6.07, 6.45) is 10.5. The SMILES string of the molecule is OC(COC1CCCc2ccccc21)Cn1cc(-n2cccc2)cn1. The number of aliphatic hydroxyl groups excluding tert-OH is 1. The van der Waals surface area contributed by atoms with Crippen LogP contribution in [0, 0.1) is 0 Å². The molecule has 1 aliphatic carbocycles. The smallest absolute Gasteiger partial charge is 0.0969 e. The Morgan fingerprint density at radius 3 is 2.92 bits per heavy atom. The molecule has 0 spiro atoms. The van der Waals surface area contributed by atoms with Crippen molar-refractivity contribution in [3.05, 3.63) is 72.3 Å². The van der Waals surface area contributed by atoms with Crippen LogP contribution in [-0.4, -0.2) is 32.2 Å². The molecule has 0 radical (unpaired) electrons. The van der Waals surface area contributed by atoms with Crippen molar-refractivity contribution in [2.45, 2.75) is 38.0 Å². The minimum atomic E-state index is -0.577. The van der Waals surface area contributed by atoms with Crippen LogP contribution in [0.15, 0.2) is 61.2 Å². The van der Waals surface area contributed by atoms with Crippen LogP contribution in [0.25, 0.3) is 5.69 Å². The zero-order valence-corrected chi connectivity index (χ0v) is 14.2. The van der Waals surface area contributed by atoms with E-state index in [1.807, 2.05) is 35.3 Å². The number of hydrogen-bond acceptors (Lipinski definition) is 3. The zero-order chi connectivity index (χ0) is 17.1. The summed E-state index contributed by atoms with van der Waals surface area (Å²) in [5.74, 6) is 0. The van der Waals surface area contributed by atoms with E-state index in [9.17, 15) is 5.11 Å². The van der Waals surface area contributed by atoms with Crippen LogP contribution in [0.2, 0.25) is 0 Å². The summed E-state index contributed by atoms with van der Waals surface area (Å²) in [6.45, 7) is 0.743. The predicted molar refractivity (Wildman–Crippen MR) is 95.6 cm³/mol. The average Bonchev–Trinajstić information content (AvgIpc) is 3.31. The summed E-state index contributed by atoms with van der Waals surface area (Å²) in [7, 11) is 0. The summed E-state index contributed by atoms with van der Waals surface area (Å²) in [5.41, 5.74) is 3.63. The first-order valence-electron chi connectivity index (χ1n) is 8.83.